The molecule has 140 valence electrons. The standard InChI is InChI=1S/C18H17BrN4O3S/c1-25-14-3-2-13(23-6-8-26-9-7-23)16-15(14)21-18(27-16)22-17(24)11-4-5-20-10-12(11)19/h2-5,10H,6-9H2,1H3,(H,21,22,24). The molecule has 9 heteroatoms. The monoisotopic (exact) mass is 448 g/mol. The van der Waals surface area contributed by atoms with Crippen molar-refractivity contribution in [3.63, 3.8) is 0 Å². The first kappa shape index (κ1) is 18.1. The molecule has 1 N–H and O–H groups in total. The third kappa shape index (κ3) is 3.62. The van der Waals surface area contributed by atoms with E-state index in [4.69, 9.17) is 9.47 Å². The lowest BCUT2D eigenvalue weighted by molar-refractivity contribution is 0.102. The minimum Gasteiger partial charge on any atom is -0.494 e. The predicted molar refractivity (Wildman–Crippen MR) is 109 cm³/mol. The lowest BCUT2D eigenvalue weighted by atomic mass is 10.2. The normalized spacial score (nSPS) is 14.4. The number of pyridine rings is 1. The van der Waals surface area contributed by atoms with Crippen LogP contribution >= 0.6 is 27.3 Å². The molecule has 4 rings (SSSR count). The highest BCUT2D eigenvalue weighted by molar-refractivity contribution is 9.10. The summed E-state index contributed by atoms with van der Waals surface area (Å²) in [5, 5.41) is 3.41. The van der Waals surface area contributed by atoms with Gasteiger partial charge in [0.05, 0.1) is 36.3 Å². The Morgan fingerprint density at radius 3 is 2.89 bits per heavy atom. The number of thiazole rings is 1. The van der Waals surface area contributed by atoms with E-state index in [1.807, 2.05) is 12.1 Å². The van der Waals surface area contributed by atoms with E-state index in [1.165, 1.54) is 11.3 Å². The first-order valence-corrected chi connectivity index (χ1v) is 9.99. The smallest absolute Gasteiger partial charge is 0.258 e. The zero-order valence-corrected chi connectivity index (χ0v) is 17.0. The number of fused-ring (bicyclic) bond motifs is 1. The van der Waals surface area contributed by atoms with Gasteiger partial charge >= 0.3 is 0 Å². The molecule has 0 bridgehead atoms. The summed E-state index contributed by atoms with van der Waals surface area (Å²) in [6.45, 7) is 3.05. The molecule has 27 heavy (non-hydrogen) atoms. The van der Waals surface area contributed by atoms with E-state index in [0.29, 0.717) is 34.1 Å². The quantitative estimate of drug-likeness (QED) is 0.657. The van der Waals surface area contributed by atoms with Crippen LogP contribution in [0.25, 0.3) is 10.2 Å². The number of methoxy groups -OCH3 is 1. The van der Waals surface area contributed by atoms with Crippen molar-refractivity contribution in [2.24, 2.45) is 0 Å². The third-order valence-electron chi connectivity index (χ3n) is 4.29. The van der Waals surface area contributed by atoms with Gasteiger partial charge in [0.25, 0.3) is 5.91 Å². The SMILES string of the molecule is COc1ccc(N2CCOCC2)c2sc(NC(=O)c3ccncc3Br)nc12. The summed E-state index contributed by atoms with van der Waals surface area (Å²) in [5.74, 6) is 0.444. The van der Waals surface area contributed by atoms with Crippen LogP contribution in [0.2, 0.25) is 0 Å². The van der Waals surface area contributed by atoms with E-state index < -0.39 is 0 Å². The largest absolute Gasteiger partial charge is 0.494 e. The summed E-state index contributed by atoms with van der Waals surface area (Å²) in [7, 11) is 1.62. The lowest BCUT2D eigenvalue weighted by Gasteiger charge is -2.29. The molecule has 0 radical (unpaired) electrons. The van der Waals surface area contributed by atoms with Crippen LogP contribution in [-0.2, 0) is 4.74 Å². The van der Waals surface area contributed by atoms with Crippen molar-refractivity contribution >= 4 is 54.2 Å². The number of aromatic nitrogens is 2. The van der Waals surface area contributed by atoms with Crippen molar-refractivity contribution in [3.05, 3.63) is 40.6 Å². The first-order chi connectivity index (χ1) is 13.2. The van der Waals surface area contributed by atoms with Crippen LogP contribution in [0.15, 0.2) is 35.1 Å². The Balaban J connectivity index is 1.70. The fraction of sp³-hybridized carbons (Fsp3) is 0.278. The molecule has 1 fully saturated rings. The maximum atomic E-state index is 12.6. The molecule has 0 atom stereocenters. The summed E-state index contributed by atoms with van der Waals surface area (Å²) in [6, 6.07) is 5.61. The Hall–Kier alpha value is -2.23. The van der Waals surface area contributed by atoms with Crippen LogP contribution in [0.1, 0.15) is 10.4 Å². The summed E-state index contributed by atoms with van der Waals surface area (Å²) in [5.41, 5.74) is 2.33. The fourth-order valence-corrected chi connectivity index (χ4v) is 4.41. The zero-order valence-electron chi connectivity index (χ0n) is 14.6. The van der Waals surface area contributed by atoms with Gasteiger partial charge in [-0.25, -0.2) is 4.98 Å². The van der Waals surface area contributed by atoms with Crippen molar-refractivity contribution in [1.82, 2.24) is 9.97 Å². The zero-order chi connectivity index (χ0) is 18.8. The van der Waals surface area contributed by atoms with Gasteiger partial charge in [-0.2, -0.15) is 0 Å². The van der Waals surface area contributed by atoms with Crippen LogP contribution in [0.4, 0.5) is 10.8 Å². The number of amides is 1. The number of rotatable bonds is 4. The van der Waals surface area contributed by atoms with Gasteiger partial charge < -0.3 is 14.4 Å². The molecule has 3 aromatic rings. The molecular weight excluding hydrogens is 432 g/mol. The molecule has 1 aliphatic heterocycles. The Morgan fingerprint density at radius 2 is 2.15 bits per heavy atom. The molecule has 7 nitrogen and oxygen atoms in total. The van der Waals surface area contributed by atoms with Crippen LogP contribution < -0.4 is 15.0 Å². The van der Waals surface area contributed by atoms with Gasteiger partial charge in [0.15, 0.2) is 5.13 Å². The fourth-order valence-electron chi connectivity index (χ4n) is 2.97. The van der Waals surface area contributed by atoms with Crippen LogP contribution in [0.3, 0.4) is 0 Å². The van der Waals surface area contributed by atoms with Crippen molar-refractivity contribution < 1.29 is 14.3 Å². The molecule has 1 amide bonds. The topological polar surface area (TPSA) is 76.6 Å². The summed E-state index contributed by atoms with van der Waals surface area (Å²) >= 11 is 4.79. The highest BCUT2D eigenvalue weighted by atomic mass is 79.9. The third-order valence-corrected chi connectivity index (χ3v) is 5.92. The van der Waals surface area contributed by atoms with Crippen LogP contribution in [-0.4, -0.2) is 49.3 Å². The Bertz CT molecular complexity index is 988. The molecular formula is C18H17BrN4O3S. The summed E-state index contributed by atoms with van der Waals surface area (Å²) in [6.07, 6.45) is 3.17. The number of anilines is 2. The second kappa shape index (κ2) is 7.79. The molecule has 2 aromatic heterocycles. The second-order valence-corrected chi connectivity index (χ2v) is 7.75. The summed E-state index contributed by atoms with van der Waals surface area (Å²) in [4.78, 5) is 23.5. The number of carbonyl (C=O) groups excluding carboxylic acids is 1. The summed E-state index contributed by atoms with van der Waals surface area (Å²) < 4.78 is 12.5. The van der Waals surface area contributed by atoms with Gasteiger partial charge in [-0.15, -0.1) is 0 Å². The molecule has 1 saturated heterocycles. The van der Waals surface area contributed by atoms with Crippen LogP contribution in [0, 0.1) is 0 Å². The molecule has 1 aliphatic rings. The van der Waals surface area contributed by atoms with Crippen LogP contribution in [0.5, 0.6) is 5.75 Å². The van der Waals surface area contributed by atoms with E-state index in [9.17, 15) is 4.79 Å². The van der Waals surface area contributed by atoms with E-state index in [0.717, 1.165) is 29.0 Å². The highest BCUT2D eigenvalue weighted by Crippen LogP contribution is 2.39. The second-order valence-electron chi connectivity index (χ2n) is 5.89. The number of halogens is 1. The van der Waals surface area contributed by atoms with Gasteiger partial charge in [0.1, 0.15) is 11.3 Å². The molecule has 1 aromatic carbocycles. The average molecular weight is 449 g/mol. The van der Waals surface area contributed by atoms with Gasteiger partial charge in [-0.1, -0.05) is 11.3 Å². The number of nitrogens with zero attached hydrogens (tertiary/aromatic N) is 3. The minimum absolute atomic E-state index is 0.241. The van der Waals surface area contributed by atoms with E-state index in [-0.39, 0.29) is 5.91 Å². The first-order valence-electron chi connectivity index (χ1n) is 8.38. The molecule has 0 spiro atoms. The van der Waals surface area contributed by atoms with Crippen molar-refractivity contribution in [1.29, 1.82) is 0 Å². The molecule has 3 heterocycles. The highest BCUT2D eigenvalue weighted by Gasteiger charge is 2.20. The number of nitrogens with one attached hydrogen (secondary N) is 1. The molecule has 0 unspecified atom stereocenters. The number of benzene rings is 1. The van der Waals surface area contributed by atoms with Gasteiger partial charge in [-0.05, 0) is 34.1 Å². The Morgan fingerprint density at radius 1 is 1.33 bits per heavy atom. The van der Waals surface area contributed by atoms with E-state index >= 15 is 0 Å². The average Bonchev–Trinajstić information content (AvgIpc) is 3.11. The maximum Gasteiger partial charge on any atom is 0.258 e. The Kier molecular flexibility index (Phi) is 5.24. The number of carbonyl (C=O) groups is 1. The maximum absolute atomic E-state index is 12.6. The van der Waals surface area contributed by atoms with Crippen molar-refractivity contribution in [2.75, 3.05) is 43.6 Å². The van der Waals surface area contributed by atoms with E-state index in [2.05, 4.69) is 36.1 Å². The molecule has 0 saturated carbocycles. The predicted octanol–water partition coefficient (Wildman–Crippen LogP) is 3.55. The molecule has 0 aliphatic carbocycles. The number of hydrogen-bond acceptors (Lipinski definition) is 7. The van der Waals surface area contributed by atoms with Crippen molar-refractivity contribution in [3.8, 4) is 5.75 Å². The minimum atomic E-state index is -0.241. The van der Waals surface area contributed by atoms with Crippen molar-refractivity contribution in [2.45, 2.75) is 0 Å². The number of hydrogen-bond donors (Lipinski definition) is 1. The number of morpholine rings is 1. The van der Waals surface area contributed by atoms with Gasteiger partial charge in [-0.3, -0.25) is 15.1 Å². The Labute approximate surface area is 168 Å². The van der Waals surface area contributed by atoms with Gasteiger partial charge in [0.2, 0.25) is 0 Å². The lowest BCUT2D eigenvalue weighted by Crippen LogP contribution is -2.36. The van der Waals surface area contributed by atoms with E-state index in [1.54, 1.807) is 25.6 Å². The van der Waals surface area contributed by atoms with Gasteiger partial charge in [0, 0.05) is 30.0 Å². The number of ether oxygens (including phenoxy) is 2.